The number of hydrogen-bond acceptors (Lipinski definition) is 3. The molecule has 0 aliphatic carbocycles. The van der Waals surface area contributed by atoms with E-state index in [2.05, 4.69) is 5.32 Å². The minimum atomic E-state index is -0.434. The smallest absolute Gasteiger partial charge is 0.165 e. The van der Waals surface area contributed by atoms with Gasteiger partial charge in [0.2, 0.25) is 0 Å². The van der Waals surface area contributed by atoms with Gasteiger partial charge in [-0.3, -0.25) is 0 Å². The lowest BCUT2D eigenvalue weighted by Crippen LogP contribution is -2.33. The molecule has 1 aliphatic heterocycles. The zero-order valence-corrected chi connectivity index (χ0v) is 9.79. The maximum atomic E-state index is 13.3. The van der Waals surface area contributed by atoms with Crippen molar-refractivity contribution < 1.29 is 14.2 Å². The number of ether oxygens (including phenoxy) is 1. The lowest BCUT2D eigenvalue weighted by atomic mass is 10.1. The van der Waals surface area contributed by atoms with E-state index in [0.29, 0.717) is 6.61 Å². The van der Waals surface area contributed by atoms with Crippen molar-refractivity contribution in [3.8, 4) is 11.5 Å². The molecule has 1 atom stereocenters. The lowest BCUT2D eigenvalue weighted by molar-refractivity contribution is 0.250. The highest BCUT2D eigenvalue weighted by atomic mass is 19.1. The molecule has 0 radical (unpaired) electrons. The van der Waals surface area contributed by atoms with E-state index in [0.717, 1.165) is 13.0 Å². The van der Waals surface area contributed by atoms with Gasteiger partial charge in [-0.05, 0) is 31.5 Å². The summed E-state index contributed by atoms with van der Waals surface area (Å²) in [7, 11) is 0. The van der Waals surface area contributed by atoms with Gasteiger partial charge in [-0.25, -0.2) is 4.39 Å². The highest BCUT2D eigenvalue weighted by Gasteiger charge is 2.13. The Morgan fingerprint density at radius 3 is 3.12 bits per heavy atom. The van der Waals surface area contributed by atoms with Crippen LogP contribution >= 0.6 is 0 Å². The second-order valence-electron chi connectivity index (χ2n) is 4.43. The first-order chi connectivity index (χ1) is 8.25. The summed E-state index contributed by atoms with van der Waals surface area (Å²) in [5, 5.41) is 12.6. The Morgan fingerprint density at radius 1 is 1.35 bits per heavy atom. The van der Waals surface area contributed by atoms with Gasteiger partial charge in [-0.15, -0.1) is 0 Å². The third-order valence-corrected chi connectivity index (χ3v) is 3.02. The SMILES string of the molecule is Oc1ccc(F)c(OCC2CCCCCN2)c1. The van der Waals surface area contributed by atoms with E-state index in [1.54, 1.807) is 0 Å². The van der Waals surface area contributed by atoms with E-state index in [9.17, 15) is 9.50 Å². The van der Waals surface area contributed by atoms with Crippen LogP contribution in [0, 0.1) is 5.82 Å². The van der Waals surface area contributed by atoms with E-state index in [-0.39, 0.29) is 17.5 Å². The summed E-state index contributed by atoms with van der Waals surface area (Å²) in [6.45, 7) is 1.44. The standard InChI is InChI=1S/C13H18FNO2/c14-12-6-5-11(16)8-13(12)17-9-10-4-2-1-3-7-15-10/h5-6,8,10,15-16H,1-4,7,9H2. The summed E-state index contributed by atoms with van der Waals surface area (Å²) in [4.78, 5) is 0. The van der Waals surface area contributed by atoms with Crippen LogP contribution in [0.5, 0.6) is 11.5 Å². The third kappa shape index (κ3) is 3.60. The molecule has 1 aromatic carbocycles. The first-order valence-corrected chi connectivity index (χ1v) is 6.10. The molecule has 4 heteroatoms. The molecule has 1 unspecified atom stereocenters. The van der Waals surface area contributed by atoms with Gasteiger partial charge in [0.1, 0.15) is 12.4 Å². The molecule has 0 spiro atoms. The van der Waals surface area contributed by atoms with Crippen LogP contribution in [-0.4, -0.2) is 24.3 Å². The minimum Gasteiger partial charge on any atom is -0.508 e. The fourth-order valence-electron chi connectivity index (χ4n) is 2.04. The largest absolute Gasteiger partial charge is 0.508 e. The summed E-state index contributed by atoms with van der Waals surface area (Å²) in [6.07, 6.45) is 4.67. The Bertz CT molecular complexity index is 362. The average Bonchev–Trinajstić information content (AvgIpc) is 2.59. The van der Waals surface area contributed by atoms with Gasteiger partial charge >= 0.3 is 0 Å². The number of benzene rings is 1. The van der Waals surface area contributed by atoms with Crippen LogP contribution in [0.15, 0.2) is 18.2 Å². The van der Waals surface area contributed by atoms with Gasteiger partial charge < -0.3 is 15.2 Å². The van der Waals surface area contributed by atoms with Crippen molar-refractivity contribution in [3.63, 3.8) is 0 Å². The summed E-state index contributed by atoms with van der Waals surface area (Å²) in [6, 6.07) is 4.11. The van der Waals surface area contributed by atoms with Crippen LogP contribution in [-0.2, 0) is 0 Å². The van der Waals surface area contributed by atoms with Crippen molar-refractivity contribution in [2.75, 3.05) is 13.2 Å². The second kappa shape index (κ2) is 5.87. The van der Waals surface area contributed by atoms with Gasteiger partial charge in [-0.2, -0.15) is 0 Å². The van der Waals surface area contributed by atoms with Gasteiger partial charge in [0.25, 0.3) is 0 Å². The highest BCUT2D eigenvalue weighted by Crippen LogP contribution is 2.23. The number of phenolic OH excluding ortho intramolecular Hbond substituents is 1. The zero-order chi connectivity index (χ0) is 12.1. The fraction of sp³-hybridized carbons (Fsp3) is 0.538. The molecule has 0 bridgehead atoms. The van der Waals surface area contributed by atoms with Crippen molar-refractivity contribution in [1.82, 2.24) is 5.32 Å². The summed E-state index contributed by atoms with van der Waals surface area (Å²) in [5.74, 6) is -0.289. The molecule has 0 saturated carbocycles. The van der Waals surface area contributed by atoms with Crippen molar-refractivity contribution in [2.45, 2.75) is 31.7 Å². The Kier molecular flexibility index (Phi) is 4.20. The fourth-order valence-corrected chi connectivity index (χ4v) is 2.04. The van der Waals surface area contributed by atoms with E-state index < -0.39 is 5.82 Å². The van der Waals surface area contributed by atoms with Crippen molar-refractivity contribution >= 4 is 0 Å². The molecule has 2 N–H and O–H groups in total. The lowest BCUT2D eigenvalue weighted by Gasteiger charge is -2.16. The quantitative estimate of drug-likeness (QED) is 0.851. The molecule has 1 saturated heterocycles. The molecule has 94 valence electrons. The molecular weight excluding hydrogens is 221 g/mol. The van der Waals surface area contributed by atoms with E-state index in [1.807, 2.05) is 0 Å². The summed E-state index contributed by atoms with van der Waals surface area (Å²) < 4.78 is 18.8. The van der Waals surface area contributed by atoms with Crippen LogP contribution in [0.3, 0.4) is 0 Å². The van der Waals surface area contributed by atoms with Crippen LogP contribution in [0.4, 0.5) is 4.39 Å². The number of hydrogen-bond donors (Lipinski definition) is 2. The molecule has 3 nitrogen and oxygen atoms in total. The predicted octanol–water partition coefficient (Wildman–Crippen LogP) is 2.44. The predicted molar refractivity (Wildman–Crippen MR) is 63.8 cm³/mol. The number of halogens is 1. The maximum absolute atomic E-state index is 13.3. The van der Waals surface area contributed by atoms with E-state index in [4.69, 9.17) is 4.74 Å². The monoisotopic (exact) mass is 239 g/mol. The van der Waals surface area contributed by atoms with Crippen molar-refractivity contribution in [2.24, 2.45) is 0 Å². The Balaban J connectivity index is 1.89. The van der Waals surface area contributed by atoms with E-state index in [1.165, 1.54) is 37.5 Å². The van der Waals surface area contributed by atoms with Gasteiger partial charge in [0.05, 0.1) is 0 Å². The first-order valence-electron chi connectivity index (χ1n) is 6.10. The van der Waals surface area contributed by atoms with Crippen molar-refractivity contribution in [3.05, 3.63) is 24.0 Å². The summed E-state index contributed by atoms with van der Waals surface area (Å²) >= 11 is 0. The Morgan fingerprint density at radius 2 is 2.24 bits per heavy atom. The van der Waals surface area contributed by atoms with Crippen LogP contribution in [0.2, 0.25) is 0 Å². The Labute approximate surface area is 101 Å². The van der Waals surface area contributed by atoms with Gasteiger partial charge in [-0.1, -0.05) is 12.8 Å². The van der Waals surface area contributed by atoms with Crippen LogP contribution in [0.25, 0.3) is 0 Å². The molecule has 2 rings (SSSR count). The molecular formula is C13H18FNO2. The number of rotatable bonds is 3. The molecule has 0 amide bonds. The van der Waals surface area contributed by atoms with Crippen molar-refractivity contribution in [1.29, 1.82) is 0 Å². The third-order valence-electron chi connectivity index (χ3n) is 3.02. The molecule has 0 aromatic heterocycles. The average molecular weight is 239 g/mol. The first kappa shape index (κ1) is 12.2. The van der Waals surface area contributed by atoms with Gasteiger partial charge in [0.15, 0.2) is 11.6 Å². The topological polar surface area (TPSA) is 41.5 Å². The van der Waals surface area contributed by atoms with E-state index >= 15 is 0 Å². The highest BCUT2D eigenvalue weighted by molar-refractivity contribution is 5.33. The normalized spacial score (nSPS) is 20.9. The van der Waals surface area contributed by atoms with Crippen LogP contribution in [0.1, 0.15) is 25.7 Å². The van der Waals surface area contributed by atoms with Crippen LogP contribution < -0.4 is 10.1 Å². The maximum Gasteiger partial charge on any atom is 0.165 e. The zero-order valence-electron chi connectivity index (χ0n) is 9.79. The molecule has 1 aliphatic rings. The Hall–Kier alpha value is -1.29. The second-order valence-corrected chi connectivity index (χ2v) is 4.43. The molecule has 1 aromatic rings. The molecule has 1 heterocycles. The number of nitrogens with one attached hydrogen (secondary N) is 1. The summed E-state index contributed by atoms with van der Waals surface area (Å²) in [5.41, 5.74) is 0. The minimum absolute atomic E-state index is 0.0234. The van der Waals surface area contributed by atoms with Gasteiger partial charge in [0, 0.05) is 12.1 Å². The molecule has 17 heavy (non-hydrogen) atoms. The molecule has 1 fully saturated rings. The number of phenols is 1. The number of aromatic hydroxyl groups is 1.